The highest BCUT2D eigenvalue weighted by Gasteiger charge is 2.24. The Bertz CT molecular complexity index is 227. The third kappa shape index (κ3) is 5.22. The van der Waals surface area contributed by atoms with Gasteiger partial charge in [0.25, 0.3) is 0 Å². The number of aliphatic hydroxyl groups is 4. The van der Waals surface area contributed by atoms with Gasteiger partial charge in [-0.2, -0.15) is 0 Å². The standard InChI is InChI=1S/C10H18O6/c1-6(10(15)16)7(2-8(13)4-11)3-9(14)5-12/h7-9,11-14H,1-5H2,(H,15,16). The highest BCUT2D eigenvalue weighted by atomic mass is 16.4. The Balaban J connectivity index is 4.50. The number of hydrogen-bond donors (Lipinski definition) is 5. The van der Waals surface area contributed by atoms with E-state index < -0.39 is 37.3 Å². The molecule has 94 valence electrons. The van der Waals surface area contributed by atoms with Crippen LogP contribution in [0.15, 0.2) is 12.2 Å². The summed E-state index contributed by atoms with van der Waals surface area (Å²) in [4.78, 5) is 10.7. The molecule has 0 aliphatic rings. The third-order valence-corrected chi connectivity index (χ3v) is 2.30. The second-order valence-corrected chi connectivity index (χ2v) is 3.67. The number of carbonyl (C=O) groups is 1. The molecule has 0 aliphatic heterocycles. The smallest absolute Gasteiger partial charge is 0.331 e. The Morgan fingerprint density at radius 1 is 1.06 bits per heavy atom. The van der Waals surface area contributed by atoms with Gasteiger partial charge in [-0.1, -0.05) is 6.58 Å². The van der Waals surface area contributed by atoms with E-state index >= 15 is 0 Å². The Kier molecular flexibility index (Phi) is 6.91. The van der Waals surface area contributed by atoms with Gasteiger partial charge >= 0.3 is 5.97 Å². The van der Waals surface area contributed by atoms with Gasteiger partial charge in [0, 0.05) is 5.57 Å². The second-order valence-electron chi connectivity index (χ2n) is 3.67. The molecule has 0 aromatic heterocycles. The van der Waals surface area contributed by atoms with Crippen molar-refractivity contribution in [2.24, 2.45) is 5.92 Å². The molecule has 6 heteroatoms. The summed E-state index contributed by atoms with van der Waals surface area (Å²) >= 11 is 0. The molecule has 16 heavy (non-hydrogen) atoms. The van der Waals surface area contributed by atoms with Crippen LogP contribution in [0.5, 0.6) is 0 Å². The molecule has 2 unspecified atom stereocenters. The van der Waals surface area contributed by atoms with Crippen LogP contribution >= 0.6 is 0 Å². The van der Waals surface area contributed by atoms with Crippen molar-refractivity contribution >= 4 is 5.97 Å². The molecule has 0 aromatic carbocycles. The first-order chi connectivity index (χ1) is 7.42. The number of aliphatic hydroxyl groups excluding tert-OH is 4. The monoisotopic (exact) mass is 234 g/mol. The number of carboxylic acid groups (broad SMARTS) is 1. The molecule has 0 rings (SSSR count). The van der Waals surface area contributed by atoms with Crippen LogP contribution < -0.4 is 0 Å². The third-order valence-electron chi connectivity index (χ3n) is 2.30. The minimum Gasteiger partial charge on any atom is -0.478 e. The average molecular weight is 234 g/mol. The molecule has 5 N–H and O–H groups in total. The van der Waals surface area contributed by atoms with E-state index in [0.717, 1.165) is 0 Å². The van der Waals surface area contributed by atoms with Crippen molar-refractivity contribution in [3.05, 3.63) is 12.2 Å². The van der Waals surface area contributed by atoms with Crippen molar-refractivity contribution in [1.82, 2.24) is 0 Å². The van der Waals surface area contributed by atoms with E-state index in [1.165, 1.54) is 0 Å². The first kappa shape index (κ1) is 15.0. The number of rotatable bonds is 8. The minimum atomic E-state index is -1.22. The van der Waals surface area contributed by atoms with Crippen molar-refractivity contribution in [2.45, 2.75) is 25.0 Å². The van der Waals surface area contributed by atoms with E-state index in [9.17, 15) is 15.0 Å². The van der Waals surface area contributed by atoms with Gasteiger partial charge in [0.05, 0.1) is 25.4 Å². The number of carboxylic acids is 1. The summed E-state index contributed by atoms with van der Waals surface area (Å²) in [5.74, 6) is -1.90. The Hall–Kier alpha value is -0.950. The second kappa shape index (κ2) is 7.34. The summed E-state index contributed by atoms with van der Waals surface area (Å²) in [6.45, 7) is 2.37. The van der Waals surface area contributed by atoms with E-state index in [1.54, 1.807) is 0 Å². The molecule has 0 radical (unpaired) electrons. The maximum Gasteiger partial charge on any atom is 0.331 e. The van der Waals surface area contributed by atoms with Gasteiger partial charge in [-0.05, 0) is 18.8 Å². The normalized spacial score (nSPS) is 16.5. The predicted octanol–water partition coefficient (Wildman–Crippen LogP) is -1.27. The van der Waals surface area contributed by atoms with Crippen molar-refractivity contribution < 1.29 is 30.3 Å². The Morgan fingerprint density at radius 2 is 1.44 bits per heavy atom. The molecule has 0 bridgehead atoms. The molecule has 2 atom stereocenters. The lowest BCUT2D eigenvalue weighted by atomic mass is 9.89. The van der Waals surface area contributed by atoms with Gasteiger partial charge in [0.2, 0.25) is 0 Å². The van der Waals surface area contributed by atoms with Gasteiger partial charge in [0.15, 0.2) is 0 Å². The highest BCUT2D eigenvalue weighted by molar-refractivity contribution is 5.86. The van der Waals surface area contributed by atoms with Crippen LogP contribution in [0.3, 0.4) is 0 Å². The fraction of sp³-hybridized carbons (Fsp3) is 0.700. The van der Waals surface area contributed by atoms with Crippen LogP contribution in [0.1, 0.15) is 12.8 Å². The molecule has 0 spiro atoms. The lowest BCUT2D eigenvalue weighted by Crippen LogP contribution is -2.26. The summed E-state index contributed by atoms with van der Waals surface area (Å²) in [6.07, 6.45) is -2.16. The van der Waals surface area contributed by atoms with E-state index in [2.05, 4.69) is 6.58 Å². The van der Waals surface area contributed by atoms with E-state index in [1.807, 2.05) is 0 Å². The van der Waals surface area contributed by atoms with Crippen LogP contribution in [0.4, 0.5) is 0 Å². The van der Waals surface area contributed by atoms with Crippen LogP contribution in [0, 0.1) is 5.92 Å². The van der Waals surface area contributed by atoms with E-state index in [0.29, 0.717) is 0 Å². The number of hydrogen-bond acceptors (Lipinski definition) is 5. The fourth-order valence-corrected chi connectivity index (χ4v) is 1.36. The van der Waals surface area contributed by atoms with E-state index in [4.69, 9.17) is 15.3 Å². The summed E-state index contributed by atoms with van der Waals surface area (Å²) < 4.78 is 0. The predicted molar refractivity (Wildman–Crippen MR) is 55.7 cm³/mol. The molecular formula is C10H18O6. The largest absolute Gasteiger partial charge is 0.478 e. The first-order valence-electron chi connectivity index (χ1n) is 4.92. The molecule has 6 nitrogen and oxygen atoms in total. The molecule has 0 saturated heterocycles. The Labute approximate surface area is 93.5 Å². The summed E-state index contributed by atoms with van der Waals surface area (Å²) in [7, 11) is 0. The average Bonchev–Trinajstić information content (AvgIpc) is 2.26. The number of aliphatic carboxylic acids is 1. The molecule has 0 aromatic rings. The minimum absolute atomic E-state index is 0.0152. The topological polar surface area (TPSA) is 118 Å². The molecule has 0 heterocycles. The highest BCUT2D eigenvalue weighted by Crippen LogP contribution is 2.22. The van der Waals surface area contributed by atoms with Crippen LogP contribution in [0.2, 0.25) is 0 Å². The molecule has 0 saturated carbocycles. The molecule has 0 amide bonds. The maximum atomic E-state index is 10.7. The zero-order chi connectivity index (χ0) is 12.7. The first-order valence-corrected chi connectivity index (χ1v) is 4.92. The van der Waals surface area contributed by atoms with Crippen LogP contribution in [-0.2, 0) is 4.79 Å². The maximum absolute atomic E-state index is 10.7. The van der Waals surface area contributed by atoms with Crippen LogP contribution in [-0.4, -0.2) is 56.9 Å². The van der Waals surface area contributed by atoms with Crippen molar-refractivity contribution in [3.8, 4) is 0 Å². The van der Waals surface area contributed by atoms with E-state index in [-0.39, 0.29) is 18.4 Å². The van der Waals surface area contributed by atoms with Gasteiger partial charge in [-0.25, -0.2) is 4.79 Å². The lowest BCUT2D eigenvalue weighted by molar-refractivity contribution is -0.133. The van der Waals surface area contributed by atoms with Gasteiger partial charge in [0.1, 0.15) is 0 Å². The SMILES string of the molecule is C=C(C(=O)O)C(CC(O)CO)CC(O)CO. The fourth-order valence-electron chi connectivity index (χ4n) is 1.36. The quantitative estimate of drug-likeness (QED) is 0.334. The summed E-state index contributed by atoms with van der Waals surface area (Å²) in [6, 6.07) is 0. The van der Waals surface area contributed by atoms with Crippen molar-refractivity contribution in [2.75, 3.05) is 13.2 Å². The lowest BCUT2D eigenvalue weighted by Gasteiger charge is -2.21. The zero-order valence-corrected chi connectivity index (χ0v) is 8.91. The molecular weight excluding hydrogens is 216 g/mol. The molecule has 0 fully saturated rings. The molecule has 0 aliphatic carbocycles. The Morgan fingerprint density at radius 3 is 1.69 bits per heavy atom. The van der Waals surface area contributed by atoms with Crippen molar-refractivity contribution in [3.63, 3.8) is 0 Å². The zero-order valence-electron chi connectivity index (χ0n) is 8.91. The summed E-state index contributed by atoms with van der Waals surface area (Å²) in [5, 5.41) is 44.5. The van der Waals surface area contributed by atoms with Crippen LogP contribution in [0.25, 0.3) is 0 Å². The van der Waals surface area contributed by atoms with Gasteiger partial charge in [-0.15, -0.1) is 0 Å². The van der Waals surface area contributed by atoms with Crippen molar-refractivity contribution in [1.29, 1.82) is 0 Å². The van der Waals surface area contributed by atoms with Gasteiger partial charge in [-0.3, -0.25) is 0 Å². The summed E-state index contributed by atoms with van der Waals surface area (Å²) in [5.41, 5.74) is -0.153. The van der Waals surface area contributed by atoms with Gasteiger partial charge < -0.3 is 25.5 Å².